The van der Waals surface area contributed by atoms with Crippen molar-refractivity contribution in [3.05, 3.63) is 0 Å². The summed E-state index contributed by atoms with van der Waals surface area (Å²) in [5.41, 5.74) is 0. The van der Waals surface area contributed by atoms with Gasteiger partial charge in [-0.1, -0.05) is 13.8 Å². The molecule has 1 aliphatic heterocycles. The molecule has 0 spiro atoms. The Bertz CT molecular complexity index is 426. The molecular formula is C11H23NO7P2. The molecule has 1 unspecified atom stereocenters. The molecule has 8 nitrogen and oxygen atoms in total. The second-order valence-corrected chi connectivity index (χ2v) is 8.09. The smallest absolute Gasteiger partial charge is 0.308 e. The molecule has 21 heavy (non-hydrogen) atoms. The van der Waals surface area contributed by atoms with Crippen LogP contribution in [0.15, 0.2) is 0 Å². The highest BCUT2D eigenvalue weighted by atomic mass is 31.3. The maximum atomic E-state index is 12.2. The van der Waals surface area contributed by atoms with Crippen LogP contribution < -0.4 is 5.09 Å². The van der Waals surface area contributed by atoms with Gasteiger partial charge in [0.15, 0.2) is 0 Å². The average Bonchev–Trinajstić information content (AvgIpc) is 2.35. The van der Waals surface area contributed by atoms with Crippen molar-refractivity contribution >= 4 is 21.5 Å². The highest BCUT2D eigenvalue weighted by Crippen LogP contribution is 2.61. The van der Waals surface area contributed by atoms with Crippen LogP contribution in [0.4, 0.5) is 0 Å². The van der Waals surface area contributed by atoms with Gasteiger partial charge < -0.3 is 4.89 Å². The second-order valence-electron chi connectivity index (χ2n) is 4.77. The Hall–Kier alpha value is -0.230. The zero-order valence-electron chi connectivity index (χ0n) is 12.3. The minimum atomic E-state index is -4.61. The maximum Gasteiger partial charge on any atom is 0.483 e. The Kier molecular flexibility index (Phi) is 7.54. The van der Waals surface area contributed by atoms with Crippen LogP contribution in [-0.4, -0.2) is 24.0 Å². The molecule has 0 aromatic heterocycles. The Balaban J connectivity index is 2.67. The first-order chi connectivity index (χ1) is 9.82. The largest absolute Gasteiger partial charge is 0.483 e. The van der Waals surface area contributed by atoms with Crippen molar-refractivity contribution in [2.75, 3.05) is 13.2 Å². The third kappa shape index (κ3) is 6.59. The number of nitrogens with one attached hydrogen (secondary N) is 1. The van der Waals surface area contributed by atoms with E-state index in [1.165, 1.54) is 0 Å². The van der Waals surface area contributed by atoms with Gasteiger partial charge in [0.1, 0.15) is 0 Å². The van der Waals surface area contributed by atoms with Crippen LogP contribution in [-0.2, 0) is 27.3 Å². The summed E-state index contributed by atoms with van der Waals surface area (Å²) in [4.78, 5) is 21.5. The summed E-state index contributed by atoms with van der Waals surface area (Å²) in [6, 6.07) is 0. The molecule has 0 radical (unpaired) electrons. The standard InChI is InChI=1S/C11H23NO7P2/c1-3-10(4-2)11(13)12-20(14,15)19-21(16)17-8-6-5-7-9-18-21/h10H,3-9H2,1-2H3,(H2,12,13,14,15). The molecule has 1 amide bonds. The van der Waals surface area contributed by atoms with E-state index in [0.29, 0.717) is 25.7 Å². The lowest BCUT2D eigenvalue weighted by atomic mass is 10.0. The predicted molar refractivity (Wildman–Crippen MR) is 76.5 cm³/mol. The Morgan fingerprint density at radius 1 is 1.29 bits per heavy atom. The van der Waals surface area contributed by atoms with E-state index in [1.807, 2.05) is 5.09 Å². The number of rotatable bonds is 6. The van der Waals surface area contributed by atoms with Crippen LogP contribution in [0.5, 0.6) is 0 Å². The third-order valence-corrected chi connectivity index (χ3v) is 6.29. The summed E-state index contributed by atoms with van der Waals surface area (Å²) in [5.74, 6) is -1.03. The van der Waals surface area contributed by atoms with E-state index in [1.54, 1.807) is 13.8 Å². The summed E-state index contributed by atoms with van der Waals surface area (Å²) < 4.78 is 38.5. The monoisotopic (exact) mass is 343 g/mol. The van der Waals surface area contributed by atoms with Crippen molar-refractivity contribution in [2.45, 2.75) is 46.0 Å². The highest BCUT2D eigenvalue weighted by molar-refractivity contribution is 7.63. The number of phosphoric ester groups is 1. The zero-order chi connectivity index (χ0) is 15.9. The lowest BCUT2D eigenvalue weighted by Crippen LogP contribution is -2.28. The van der Waals surface area contributed by atoms with Crippen LogP contribution in [0.3, 0.4) is 0 Å². The number of hydrogen-bond acceptors (Lipinski definition) is 6. The van der Waals surface area contributed by atoms with Gasteiger partial charge in [-0.2, -0.15) is 4.31 Å². The molecule has 1 rings (SSSR count). The molecular weight excluding hydrogens is 320 g/mol. The van der Waals surface area contributed by atoms with Crippen molar-refractivity contribution in [1.29, 1.82) is 0 Å². The molecule has 1 fully saturated rings. The number of carbonyl (C=O) groups is 1. The maximum absolute atomic E-state index is 12.2. The Labute approximate surface area is 124 Å². The predicted octanol–water partition coefficient (Wildman–Crippen LogP) is 2.98. The van der Waals surface area contributed by atoms with Gasteiger partial charge in [0, 0.05) is 5.92 Å². The molecule has 1 saturated heterocycles. The van der Waals surface area contributed by atoms with Gasteiger partial charge in [-0.3, -0.25) is 18.9 Å². The molecule has 0 saturated carbocycles. The zero-order valence-corrected chi connectivity index (χ0v) is 14.1. The van der Waals surface area contributed by atoms with Crippen molar-refractivity contribution in [3.63, 3.8) is 0 Å². The van der Waals surface area contributed by atoms with Crippen molar-refractivity contribution in [2.24, 2.45) is 5.92 Å². The minimum absolute atomic E-state index is 0.109. The van der Waals surface area contributed by atoms with Crippen LogP contribution in [0.1, 0.15) is 46.0 Å². The van der Waals surface area contributed by atoms with E-state index in [2.05, 4.69) is 4.31 Å². The first-order valence-corrected chi connectivity index (χ1v) is 10.1. The number of phosphoric acid groups is 1. The third-order valence-electron chi connectivity index (χ3n) is 3.11. The van der Waals surface area contributed by atoms with E-state index >= 15 is 0 Å². The van der Waals surface area contributed by atoms with E-state index in [0.717, 1.165) is 6.42 Å². The molecule has 0 aromatic carbocycles. The van der Waals surface area contributed by atoms with Gasteiger partial charge in [0.25, 0.3) is 0 Å². The summed E-state index contributed by atoms with van der Waals surface area (Å²) in [6.45, 7) is 3.80. The number of hydrogen-bond donors (Lipinski definition) is 2. The first kappa shape index (κ1) is 18.8. The summed E-state index contributed by atoms with van der Waals surface area (Å²) in [7, 11) is -8.75. The van der Waals surface area contributed by atoms with Crippen LogP contribution in [0.2, 0.25) is 0 Å². The van der Waals surface area contributed by atoms with E-state index in [4.69, 9.17) is 9.05 Å². The van der Waals surface area contributed by atoms with Gasteiger partial charge in [0.05, 0.1) is 13.2 Å². The minimum Gasteiger partial charge on any atom is -0.308 e. The lowest BCUT2D eigenvalue weighted by Gasteiger charge is -2.23. The molecule has 1 atom stereocenters. The molecule has 1 heterocycles. The normalized spacial score (nSPS) is 22.1. The van der Waals surface area contributed by atoms with Crippen LogP contribution in [0, 0.1) is 5.92 Å². The van der Waals surface area contributed by atoms with Gasteiger partial charge in [-0.05, 0) is 32.1 Å². The summed E-state index contributed by atoms with van der Waals surface area (Å²) in [5, 5.41) is 1.88. The average molecular weight is 343 g/mol. The molecule has 124 valence electrons. The lowest BCUT2D eigenvalue weighted by molar-refractivity contribution is -0.123. The second kappa shape index (κ2) is 8.42. The van der Waals surface area contributed by atoms with Gasteiger partial charge >= 0.3 is 15.6 Å². The molecule has 10 heteroatoms. The van der Waals surface area contributed by atoms with Gasteiger partial charge in [-0.25, -0.2) is 9.13 Å². The Morgan fingerprint density at radius 2 is 1.81 bits per heavy atom. The Morgan fingerprint density at radius 3 is 2.29 bits per heavy atom. The topological polar surface area (TPSA) is 111 Å². The van der Waals surface area contributed by atoms with Crippen molar-refractivity contribution in [1.82, 2.24) is 5.09 Å². The van der Waals surface area contributed by atoms with Crippen LogP contribution in [0.25, 0.3) is 0 Å². The number of carbonyl (C=O) groups excluding carboxylic acids is 1. The van der Waals surface area contributed by atoms with Crippen molar-refractivity contribution < 1.29 is 32.2 Å². The SMILES string of the molecule is CCC(CC)C(=O)NP(=O)(O)OP1(=O)OCCCCCO1. The quantitative estimate of drug-likeness (QED) is 0.713. The number of amides is 1. The fourth-order valence-corrected chi connectivity index (χ4v) is 4.73. The molecule has 0 aliphatic carbocycles. The van der Waals surface area contributed by atoms with Crippen LogP contribution >= 0.6 is 15.6 Å². The molecule has 1 aliphatic rings. The van der Waals surface area contributed by atoms with Gasteiger partial charge in [-0.15, -0.1) is 0 Å². The van der Waals surface area contributed by atoms with E-state index in [-0.39, 0.29) is 13.2 Å². The van der Waals surface area contributed by atoms with E-state index in [9.17, 15) is 18.8 Å². The molecule has 0 bridgehead atoms. The molecule has 0 aromatic rings. The van der Waals surface area contributed by atoms with Gasteiger partial charge in [0.2, 0.25) is 5.91 Å². The summed E-state index contributed by atoms with van der Waals surface area (Å²) in [6.07, 6.45) is 3.21. The van der Waals surface area contributed by atoms with Crippen molar-refractivity contribution in [3.8, 4) is 0 Å². The molecule has 2 N–H and O–H groups in total. The fourth-order valence-electron chi connectivity index (χ4n) is 1.86. The van der Waals surface area contributed by atoms with E-state index < -0.39 is 27.4 Å². The highest BCUT2D eigenvalue weighted by Gasteiger charge is 2.39. The summed E-state index contributed by atoms with van der Waals surface area (Å²) >= 11 is 0. The fraction of sp³-hybridized carbons (Fsp3) is 0.909. The first-order valence-electron chi connectivity index (χ1n) is 7.07.